The van der Waals surface area contributed by atoms with E-state index in [1.807, 2.05) is 24.3 Å². The third-order valence-corrected chi connectivity index (χ3v) is 7.39. The number of nitrogens with one attached hydrogen (secondary N) is 3. The SMILES string of the molecule is CCc1ccc(NC(=O)CCCCC2C3NC(=O)NC3CS2(=O)=O)cc1. The lowest BCUT2D eigenvalue weighted by atomic mass is 10.0. The first-order valence-corrected chi connectivity index (χ1v) is 10.8. The highest BCUT2D eigenvalue weighted by molar-refractivity contribution is 7.92. The lowest BCUT2D eigenvalue weighted by molar-refractivity contribution is -0.116. The molecular formula is C18H25N3O4S. The molecule has 142 valence electrons. The molecule has 3 N–H and O–H groups in total. The van der Waals surface area contributed by atoms with E-state index in [4.69, 9.17) is 0 Å². The van der Waals surface area contributed by atoms with Crippen LogP contribution in [0.5, 0.6) is 0 Å². The zero-order chi connectivity index (χ0) is 18.7. The van der Waals surface area contributed by atoms with Gasteiger partial charge in [0.15, 0.2) is 9.84 Å². The van der Waals surface area contributed by atoms with E-state index in [1.54, 1.807) is 0 Å². The number of fused-ring (bicyclic) bond motifs is 1. The molecule has 3 amide bonds. The van der Waals surface area contributed by atoms with Crippen molar-refractivity contribution >= 4 is 27.5 Å². The van der Waals surface area contributed by atoms with E-state index < -0.39 is 15.1 Å². The van der Waals surface area contributed by atoms with Crippen molar-refractivity contribution in [3.63, 3.8) is 0 Å². The van der Waals surface area contributed by atoms with E-state index in [1.165, 1.54) is 5.56 Å². The molecule has 7 nitrogen and oxygen atoms in total. The van der Waals surface area contributed by atoms with Gasteiger partial charge in [0.2, 0.25) is 5.91 Å². The van der Waals surface area contributed by atoms with Gasteiger partial charge in [0.1, 0.15) is 0 Å². The molecule has 26 heavy (non-hydrogen) atoms. The molecule has 0 aromatic heterocycles. The van der Waals surface area contributed by atoms with Crippen LogP contribution in [-0.2, 0) is 21.1 Å². The Morgan fingerprint density at radius 2 is 1.92 bits per heavy atom. The zero-order valence-electron chi connectivity index (χ0n) is 14.8. The highest BCUT2D eigenvalue weighted by atomic mass is 32.2. The Hall–Kier alpha value is -2.09. The number of carbonyl (C=O) groups excluding carboxylic acids is 2. The van der Waals surface area contributed by atoms with Crippen LogP contribution in [0.3, 0.4) is 0 Å². The second-order valence-electron chi connectivity index (χ2n) is 6.96. The number of urea groups is 1. The summed E-state index contributed by atoms with van der Waals surface area (Å²) in [5, 5.41) is 7.65. The summed E-state index contributed by atoms with van der Waals surface area (Å²) in [5.41, 5.74) is 1.99. The molecule has 0 radical (unpaired) electrons. The second kappa shape index (κ2) is 7.65. The van der Waals surface area contributed by atoms with E-state index in [-0.39, 0.29) is 29.8 Å². The summed E-state index contributed by atoms with van der Waals surface area (Å²) in [6, 6.07) is 6.77. The Morgan fingerprint density at radius 3 is 2.62 bits per heavy atom. The maximum Gasteiger partial charge on any atom is 0.315 e. The van der Waals surface area contributed by atoms with Gasteiger partial charge in [0, 0.05) is 12.1 Å². The van der Waals surface area contributed by atoms with Gasteiger partial charge in [-0.05, 0) is 37.0 Å². The van der Waals surface area contributed by atoms with Gasteiger partial charge < -0.3 is 16.0 Å². The summed E-state index contributed by atoms with van der Waals surface area (Å²) >= 11 is 0. The van der Waals surface area contributed by atoms with Crippen molar-refractivity contribution in [1.29, 1.82) is 0 Å². The van der Waals surface area contributed by atoms with Crippen molar-refractivity contribution in [2.75, 3.05) is 11.1 Å². The van der Waals surface area contributed by atoms with E-state index in [2.05, 4.69) is 22.9 Å². The van der Waals surface area contributed by atoms with E-state index in [0.717, 1.165) is 12.1 Å². The van der Waals surface area contributed by atoms with Gasteiger partial charge in [-0.1, -0.05) is 25.5 Å². The van der Waals surface area contributed by atoms with Crippen molar-refractivity contribution in [2.24, 2.45) is 0 Å². The highest BCUT2D eigenvalue weighted by Gasteiger charge is 2.51. The first-order chi connectivity index (χ1) is 12.4. The molecule has 1 aromatic rings. The fourth-order valence-electron chi connectivity index (χ4n) is 3.68. The molecule has 1 aromatic carbocycles. The van der Waals surface area contributed by atoms with Crippen molar-refractivity contribution in [3.8, 4) is 0 Å². The molecule has 2 aliphatic rings. The molecule has 0 saturated carbocycles. The van der Waals surface area contributed by atoms with E-state index in [0.29, 0.717) is 25.7 Å². The quantitative estimate of drug-likeness (QED) is 0.494. The number of anilines is 1. The number of rotatable bonds is 7. The largest absolute Gasteiger partial charge is 0.332 e. The average Bonchev–Trinajstić information content (AvgIpc) is 3.04. The van der Waals surface area contributed by atoms with Crippen LogP contribution in [0.15, 0.2) is 24.3 Å². The van der Waals surface area contributed by atoms with Crippen molar-refractivity contribution < 1.29 is 18.0 Å². The number of carbonyl (C=O) groups is 2. The van der Waals surface area contributed by atoms with Crippen LogP contribution in [0.1, 0.15) is 38.2 Å². The number of hydrogen-bond donors (Lipinski definition) is 3. The van der Waals surface area contributed by atoms with E-state index >= 15 is 0 Å². The lowest BCUT2D eigenvalue weighted by Crippen LogP contribution is -2.39. The van der Waals surface area contributed by atoms with Crippen LogP contribution in [0.4, 0.5) is 10.5 Å². The minimum absolute atomic E-state index is 0.00465. The van der Waals surface area contributed by atoms with Gasteiger partial charge >= 0.3 is 6.03 Å². The Balaban J connectivity index is 1.43. The maximum atomic E-state index is 12.2. The van der Waals surface area contributed by atoms with Crippen molar-refractivity contribution in [2.45, 2.75) is 56.4 Å². The molecule has 8 heteroatoms. The summed E-state index contributed by atoms with van der Waals surface area (Å²) in [4.78, 5) is 23.4. The third-order valence-electron chi connectivity index (χ3n) is 5.11. The molecule has 2 heterocycles. The fraction of sp³-hybridized carbons (Fsp3) is 0.556. The predicted octanol–water partition coefficient (Wildman–Crippen LogP) is 1.59. The average molecular weight is 379 g/mol. The highest BCUT2D eigenvalue weighted by Crippen LogP contribution is 2.28. The summed E-state index contributed by atoms with van der Waals surface area (Å²) in [6.45, 7) is 2.08. The minimum Gasteiger partial charge on any atom is -0.332 e. The van der Waals surface area contributed by atoms with E-state index in [9.17, 15) is 18.0 Å². The Morgan fingerprint density at radius 1 is 1.19 bits per heavy atom. The Bertz CT molecular complexity index is 776. The molecule has 3 rings (SSSR count). The standard InChI is InChI=1S/C18H25N3O4S/c1-2-12-7-9-13(10-8-12)19-16(22)6-4-3-5-15-17-14(11-26(15,24)25)20-18(23)21-17/h7-10,14-15,17H,2-6,11H2,1H3,(H,19,22)(H2,20,21,23). The second-order valence-corrected chi connectivity index (χ2v) is 9.23. The first-order valence-electron chi connectivity index (χ1n) is 9.06. The predicted molar refractivity (Wildman–Crippen MR) is 99.7 cm³/mol. The van der Waals surface area contributed by atoms with Crippen LogP contribution in [0, 0.1) is 0 Å². The maximum absolute atomic E-state index is 12.2. The third kappa shape index (κ3) is 4.17. The number of hydrogen-bond acceptors (Lipinski definition) is 4. The van der Waals surface area contributed by atoms with Gasteiger partial charge in [0.05, 0.1) is 23.1 Å². The van der Waals surface area contributed by atoms with Crippen LogP contribution in [0.2, 0.25) is 0 Å². The molecular weight excluding hydrogens is 354 g/mol. The zero-order valence-corrected chi connectivity index (χ0v) is 15.6. The molecule has 2 aliphatic heterocycles. The van der Waals surface area contributed by atoms with Gasteiger partial charge in [-0.2, -0.15) is 0 Å². The van der Waals surface area contributed by atoms with Crippen LogP contribution in [0.25, 0.3) is 0 Å². The molecule has 0 aliphatic carbocycles. The topological polar surface area (TPSA) is 104 Å². The van der Waals surface area contributed by atoms with Gasteiger partial charge in [0.25, 0.3) is 0 Å². The molecule has 2 fully saturated rings. The minimum atomic E-state index is -3.20. The summed E-state index contributed by atoms with van der Waals surface area (Å²) in [5.74, 6) is -0.0766. The van der Waals surface area contributed by atoms with Gasteiger partial charge in [-0.25, -0.2) is 13.2 Å². The summed E-state index contributed by atoms with van der Waals surface area (Å²) < 4.78 is 24.5. The Labute approximate surface area is 153 Å². The van der Waals surface area contributed by atoms with Crippen LogP contribution >= 0.6 is 0 Å². The summed E-state index contributed by atoms with van der Waals surface area (Å²) in [7, 11) is -3.20. The van der Waals surface area contributed by atoms with Crippen LogP contribution < -0.4 is 16.0 Å². The molecule has 3 atom stereocenters. The van der Waals surface area contributed by atoms with Crippen LogP contribution in [-0.4, -0.2) is 43.4 Å². The molecule has 0 bridgehead atoms. The lowest BCUT2D eigenvalue weighted by Gasteiger charge is -2.16. The smallest absolute Gasteiger partial charge is 0.315 e. The van der Waals surface area contributed by atoms with Crippen molar-refractivity contribution in [1.82, 2.24) is 10.6 Å². The molecule has 3 unspecified atom stereocenters. The van der Waals surface area contributed by atoms with Crippen molar-refractivity contribution in [3.05, 3.63) is 29.8 Å². The molecule has 0 spiro atoms. The number of amides is 3. The number of aryl methyl sites for hydroxylation is 1. The number of benzene rings is 1. The Kier molecular flexibility index (Phi) is 5.50. The number of sulfone groups is 1. The monoisotopic (exact) mass is 379 g/mol. The summed E-state index contributed by atoms with van der Waals surface area (Å²) in [6.07, 6.45) is 3.01. The van der Waals surface area contributed by atoms with Gasteiger partial charge in [-0.15, -0.1) is 0 Å². The first kappa shape index (κ1) is 18.7. The number of unbranched alkanes of at least 4 members (excludes halogenated alkanes) is 1. The molecule has 2 saturated heterocycles. The fourth-order valence-corrected chi connectivity index (χ4v) is 5.95. The van der Waals surface area contributed by atoms with Gasteiger partial charge in [-0.3, -0.25) is 4.79 Å². The normalized spacial score (nSPS) is 26.0.